The van der Waals surface area contributed by atoms with Gasteiger partial charge in [0.15, 0.2) is 0 Å². The van der Waals surface area contributed by atoms with Gasteiger partial charge in [-0.1, -0.05) is 12.1 Å². The van der Waals surface area contributed by atoms with Crippen molar-refractivity contribution in [1.29, 1.82) is 0 Å². The fourth-order valence-corrected chi connectivity index (χ4v) is 3.43. The predicted molar refractivity (Wildman–Crippen MR) is 109 cm³/mol. The van der Waals surface area contributed by atoms with E-state index >= 15 is 0 Å². The van der Waals surface area contributed by atoms with Crippen LogP contribution in [-0.4, -0.2) is 36.1 Å². The summed E-state index contributed by atoms with van der Waals surface area (Å²) in [4.78, 5) is 45.6. The van der Waals surface area contributed by atoms with Crippen LogP contribution in [0.15, 0.2) is 46.0 Å². The van der Waals surface area contributed by atoms with E-state index in [1.165, 1.54) is 30.8 Å². The number of aryl methyl sites for hydroxylation is 2. The van der Waals surface area contributed by atoms with Crippen molar-refractivity contribution < 1.29 is 4.79 Å². The van der Waals surface area contributed by atoms with Gasteiger partial charge in [-0.2, -0.15) is 0 Å². The molecular weight excluding hydrogens is 372 g/mol. The third kappa shape index (κ3) is 3.10. The minimum absolute atomic E-state index is 0.146. The van der Waals surface area contributed by atoms with Crippen molar-refractivity contribution in [3.63, 3.8) is 0 Å². The third-order valence-corrected chi connectivity index (χ3v) is 5.00. The zero-order chi connectivity index (χ0) is 20.7. The second-order valence-corrected chi connectivity index (χ2v) is 6.83. The van der Waals surface area contributed by atoms with E-state index in [0.29, 0.717) is 13.1 Å². The van der Waals surface area contributed by atoms with Gasteiger partial charge in [0.25, 0.3) is 11.5 Å². The summed E-state index contributed by atoms with van der Waals surface area (Å²) >= 11 is 0. The highest BCUT2D eigenvalue weighted by Gasteiger charge is 2.14. The molecule has 148 valence electrons. The highest BCUT2D eigenvalue weighted by molar-refractivity contribution is 5.94. The monoisotopic (exact) mass is 392 g/mol. The van der Waals surface area contributed by atoms with Gasteiger partial charge in [-0.3, -0.25) is 18.7 Å². The Hall–Kier alpha value is -3.75. The van der Waals surface area contributed by atoms with Gasteiger partial charge in [0, 0.05) is 27.2 Å². The molecule has 0 saturated heterocycles. The fraction of sp³-hybridized carbons (Fsp3) is 0.250. The lowest BCUT2D eigenvalue weighted by atomic mass is 10.2. The van der Waals surface area contributed by atoms with Gasteiger partial charge in [0.2, 0.25) is 0 Å². The van der Waals surface area contributed by atoms with Crippen molar-refractivity contribution in [1.82, 2.24) is 29.0 Å². The fourth-order valence-electron chi connectivity index (χ4n) is 3.43. The van der Waals surface area contributed by atoms with E-state index in [1.54, 1.807) is 0 Å². The van der Waals surface area contributed by atoms with Gasteiger partial charge >= 0.3 is 5.69 Å². The lowest BCUT2D eigenvalue weighted by Gasteiger charge is -2.10. The smallest absolute Gasteiger partial charge is 0.332 e. The molecule has 0 aliphatic rings. The number of rotatable bonds is 4. The van der Waals surface area contributed by atoms with Crippen molar-refractivity contribution in [2.45, 2.75) is 13.5 Å². The molecule has 1 N–H and O–H groups in total. The molecule has 4 aromatic rings. The molecule has 0 saturated carbocycles. The molecule has 0 aliphatic carbocycles. The first-order valence-corrected chi connectivity index (χ1v) is 9.15. The third-order valence-electron chi connectivity index (χ3n) is 5.00. The summed E-state index contributed by atoms with van der Waals surface area (Å²) in [7, 11) is 2.93. The number of benzene rings is 1. The molecule has 0 radical (unpaired) electrons. The van der Waals surface area contributed by atoms with Gasteiger partial charge in [-0.05, 0) is 31.2 Å². The number of imidazole rings is 1. The van der Waals surface area contributed by atoms with Gasteiger partial charge in [-0.15, -0.1) is 0 Å². The van der Waals surface area contributed by atoms with Crippen molar-refractivity contribution in [3.05, 3.63) is 68.8 Å². The highest BCUT2D eigenvalue weighted by Crippen LogP contribution is 2.14. The molecular formula is C20H20N6O3. The Bertz CT molecular complexity index is 1380. The summed E-state index contributed by atoms with van der Waals surface area (Å²) in [6.07, 6.45) is 0. The van der Waals surface area contributed by atoms with Crippen molar-refractivity contribution in [2.75, 3.05) is 6.54 Å². The van der Waals surface area contributed by atoms with Crippen LogP contribution in [0.1, 0.15) is 16.3 Å². The molecule has 9 heteroatoms. The van der Waals surface area contributed by atoms with Gasteiger partial charge in [0.05, 0.1) is 16.4 Å². The summed E-state index contributed by atoms with van der Waals surface area (Å²) in [5.41, 5.74) is 1.32. The van der Waals surface area contributed by atoms with Crippen LogP contribution in [-0.2, 0) is 20.6 Å². The van der Waals surface area contributed by atoms with E-state index in [9.17, 15) is 14.4 Å². The van der Waals surface area contributed by atoms with E-state index in [0.717, 1.165) is 21.4 Å². The second kappa shape index (κ2) is 7.01. The van der Waals surface area contributed by atoms with Crippen LogP contribution in [0.3, 0.4) is 0 Å². The molecule has 3 heterocycles. The molecule has 0 spiro atoms. The second-order valence-electron chi connectivity index (χ2n) is 6.83. The van der Waals surface area contributed by atoms with E-state index in [4.69, 9.17) is 0 Å². The Morgan fingerprint density at radius 2 is 1.79 bits per heavy atom. The standard InChI is InChI=1S/C20H20N6O3/c1-12-22-14-6-4-5-7-16(14)26(12)11-10-21-18(27)15-9-8-13-17(23-15)24(2)20(29)25(3)19(13)28/h4-9H,10-11H2,1-3H3,(H,21,27). The number of hydrogen-bond donors (Lipinski definition) is 1. The summed E-state index contributed by atoms with van der Waals surface area (Å²) in [5.74, 6) is 0.497. The van der Waals surface area contributed by atoms with Crippen LogP contribution in [0.2, 0.25) is 0 Å². The average molecular weight is 392 g/mol. The molecule has 1 aromatic carbocycles. The zero-order valence-electron chi connectivity index (χ0n) is 16.3. The van der Waals surface area contributed by atoms with Crippen molar-refractivity contribution >= 4 is 28.0 Å². The summed E-state index contributed by atoms with van der Waals surface area (Å²) in [5, 5.41) is 3.12. The summed E-state index contributed by atoms with van der Waals surface area (Å²) < 4.78 is 4.31. The lowest BCUT2D eigenvalue weighted by Crippen LogP contribution is -2.37. The number of nitrogens with one attached hydrogen (secondary N) is 1. The van der Waals surface area contributed by atoms with Crippen LogP contribution < -0.4 is 16.6 Å². The van der Waals surface area contributed by atoms with E-state index < -0.39 is 11.2 Å². The van der Waals surface area contributed by atoms with Gasteiger partial charge in [0.1, 0.15) is 17.2 Å². The molecule has 0 bridgehead atoms. The number of nitrogens with zero attached hydrogens (tertiary/aromatic N) is 5. The number of amides is 1. The zero-order valence-corrected chi connectivity index (χ0v) is 16.3. The molecule has 3 aromatic heterocycles. The summed E-state index contributed by atoms with van der Waals surface area (Å²) in [6.45, 7) is 2.87. The van der Waals surface area contributed by atoms with Crippen LogP contribution in [0.5, 0.6) is 0 Å². The number of aromatic nitrogens is 5. The largest absolute Gasteiger partial charge is 0.349 e. The summed E-state index contributed by atoms with van der Waals surface area (Å²) in [6, 6.07) is 10.8. The SMILES string of the molecule is Cc1nc2ccccc2n1CCNC(=O)c1ccc2c(=O)n(C)c(=O)n(C)c2n1. The highest BCUT2D eigenvalue weighted by atomic mass is 16.2. The minimum atomic E-state index is -0.491. The Kier molecular flexibility index (Phi) is 4.50. The quantitative estimate of drug-likeness (QED) is 0.551. The van der Waals surface area contributed by atoms with Gasteiger partial charge in [-0.25, -0.2) is 14.8 Å². The maximum absolute atomic E-state index is 12.5. The Morgan fingerprint density at radius 3 is 2.59 bits per heavy atom. The molecule has 1 amide bonds. The maximum atomic E-state index is 12.5. The average Bonchev–Trinajstić information content (AvgIpc) is 3.05. The first kappa shape index (κ1) is 18.6. The topological polar surface area (TPSA) is 104 Å². The Morgan fingerprint density at radius 1 is 1.03 bits per heavy atom. The number of pyridine rings is 1. The number of carbonyl (C=O) groups is 1. The Labute approximate surface area is 165 Å². The minimum Gasteiger partial charge on any atom is -0.349 e. The van der Waals surface area contributed by atoms with Crippen molar-refractivity contribution in [2.24, 2.45) is 14.1 Å². The normalized spacial score (nSPS) is 11.3. The lowest BCUT2D eigenvalue weighted by molar-refractivity contribution is 0.0947. The van der Waals surface area contributed by atoms with Crippen LogP contribution in [0, 0.1) is 6.92 Å². The van der Waals surface area contributed by atoms with Crippen molar-refractivity contribution in [3.8, 4) is 0 Å². The number of para-hydroxylation sites is 2. The first-order valence-electron chi connectivity index (χ1n) is 9.15. The van der Waals surface area contributed by atoms with E-state index in [-0.39, 0.29) is 22.6 Å². The predicted octanol–water partition coefficient (Wildman–Crippen LogP) is 0.720. The molecule has 4 rings (SSSR count). The maximum Gasteiger partial charge on any atom is 0.332 e. The molecule has 9 nitrogen and oxygen atoms in total. The number of hydrogen-bond acceptors (Lipinski definition) is 5. The van der Waals surface area contributed by atoms with Crippen LogP contribution in [0.25, 0.3) is 22.1 Å². The molecule has 0 aliphatic heterocycles. The van der Waals surface area contributed by atoms with Crippen LogP contribution >= 0.6 is 0 Å². The molecule has 0 fully saturated rings. The molecule has 0 atom stereocenters. The molecule has 0 unspecified atom stereocenters. The number of carbonyl (C=O) groups excluding carboxylic acids is 1. The van der Waals surface area contributed by atoms with E-state index in [2.05, 4.69) is 15.3 Å². The van der Waals surface area contributed by atoms with Crippen LogP contribution in [0.4, 0.5) is 0 Å². The van der Waals surface area contributed by atoms with E-state index in [1.807, 2.05) is 35.8 Å². The number of fused-ring (bicyclic) bond motifs is 2. The molecule has 29 heavy (non-hydrogen) atoms. The first-order chi connectivity index (χ1) is 13.9. The Balaban J connectivity index is 1.56. The van der Waals surface area contributed by atoms with Gasteiger partial charge < -0.3 is 9.88 Å².